The predicted octanol–water partition coefficient (Wildman–Crippen LogP) is 3.57. The van der Waals surface area contributed by atoms with Crippen LogP contribution in [0.15, 0.2) is 58.5 Å². The smallest absolute Gasteiger partial charge is 0.193 e. The van der Waals surface area contributed by atoms with Gasteiger partial charge in [0, 0.05) is 12.8 Å². The molecule has 0 amide bonds. The highest BCUT2D eigenvalue weighted by molar-refractivity contribution is 5.98. The summed E-state index contributed by atoms with van der Waals surface area (Å²) >= 11 is 0. The number of rotatable bonds is 2. The highest BCUT2D eigenvalue weighted by atomic mass is 16.5. The summed E-state index contributed by atoms with van der Waals surface area (Å²) in [6.07, 6.45) is 2.76. The maximum absolute atomic E-state index is 6.11. The van der Waals surface area contributed by atoms with Crippen LogP contribution in [0.1, 0.15) is 40.8 Å². The Morgan fingerprint density at radius 2 is 1.20 bits per heavy atom. The molecule has 0 radical (unpaired) electrons. The van der Waals surface area contributed by atoms with E-state index in [1.807, 2.05) is 0 Å². The van der Waals surface area contributed by atoms with E-state index in [0.717, 1.165) is 24.6 Å². The molecule has 0 unspecified atom stereocenters. The summed E-state index contributed by atoms with van der Waals surface area (Å²) in [5.74, 6) is 1.55. The van der Waals surface area contributed by atoms with E-state index in [9.17, 15) is 0 Å². The molecule has 0 fully saturated rings. The molecule has 4 aliphatic rings. The van der Waals surface area contributed by atoms with Crippen LogP contribution < -0.4 is 0 Å². The predicted molar refractivity (Wildman–Crippen MR) is 95.0 cm³/mol. The first kappa shape index (κ1) is 13.6. The molecule has 0 saturated carbocycles. The second kappa shape index (κ2) is 4.94. The Bertz CT molecular complexity index is 857. The summed E-state index contributed by atoms with van der Waals surface area (Å²) in [7, 11) is 0. The monoisotopic (exact) mass is 330 g/mol. The van der Waals surface area contributed by atoms with Gasteiger partial charge in [-0.25, -0.2) is 9.98 Å². The third-order valence-electron chi connectivity index (χ3n) is 5.74. The van der Waals surface area contributed by atoms with Crippen molar-refractivity contribution >= 4 is 11.8 Å². The van der Waals surface area contributed by atoms with Crippen LogP contribution in [-0.2, 0) is 22.3 Å². The van der Waals surface area contributed by atoms with E-state index < -0.39 is 0 Å². The van der Waals surface area contributed by atoms with Crippen molar-refractivity contribution < 1.29 is 9.47 Å². The topological polar surface area (TPSA) is 43.2 Å². The van der Waals surface area contributed by atoms with Crippen LogP contribution in [0, 0.1) is 0 Å². The number of hydrogen-bond donors (Lipinski definition) is 0. The summed E-state index contributed by atoms with van der Waals surface area (Å²) in [5.41, 5.74) is 5.34. The van der Waals surface area contributed by atoms with E-state index in [2.05, 4.69) is 48.5 Å². The summed E-state index contributed by atoms with van der Waals surface area (Å²) in [6.45, 7) is 0. The lowest BCUT2D eigenvalue weighted by Gasteiger charge is -2.10. The minimum atomic E-state index is 0.147. The maximum Gasteiger partial charge on any atom is 0.193 e. The van der Waals surface area contributed by atoms with Gasteiger partial charge in [0.1, 0.15) is 24.3 Å². The average Bonchev–Trinajstić information content (AvgIpc) is 3.33. The normalized spacial score (nSPS) is 30.6. The third-order valence-corrected chi connectivity index (χ3v) is 5.74. The molecular formula is C21H18N2O2. The van der Waals surface area contributed by atoms with Gasteiger partial charge in [0.15, 0.2) is 11.8 Å². The summed E-state index contributed by atoms with van der Waals surface area (Å²) in [6, 6.07) is 17.3. The van der Waals surface area contributed by atoms with Gasteiger partial charge in [-0.2, -0.15) is 0 Å². The van der Waals surface area contributed by atoms with Crippen molar-refractivity contribution in [2.45, 2.75) is 43.6 Å². The highest BCUT2D eigenvalue weighted by Gasteiger charge is 2.42. The van der Waals surface area contributed by atoms with E-state index >= 15 is 0 Å². The standard InChI is InChI=1S/C21H18N2O2/c1-3-7-14-12(5-1)9-16-20(14)22-18(24-16)11-19-23-21-15-8-4-2-6-13(15)10-17(21)25-19/h1-8,16-17,20-21H,9-11H2/t16-,17+,20+,21-. The second-order valence-electron chi connectivity index (χ2n) is 7.23. The van der Waals surface area contributed by atoms with Crippen LogP contribution in [0.3, 0.4) is 0 Å². The first-order valence-corrected chi connectivity index (χ1v) is 8.97. The van der Waals surface area contributed by atoms with Gasteiger partial charge >= 0.3 is 0 Å². The molecule has 0 saturated heterocycles. The molecule has 0 N–H and O–H groups in total. The number of fused-ring (bicyclic) bond motifs is 6. The van der Waals surface area contributed by atoms with E-state index in [1.165, 1.54) is 22.3 Å². The second-order valence-corrected chi connectivity index (χ2v) is 7.23. The molecule has 2 aromatic carbocycles. The van der Waals surface area contributed by atoms with Gasteiger partial charge in [-0.1, -0.05) is 48.5 Å². The van der Waals surface area contributed by atoms with Crippen molar-refractivity contribution in [3.63, 3.8) is 0 Å². The Morgan fingerprint density at radius 1 is 0.720 bits per heavy atom. The van der Waals surface area contributed by atoms with Crippen LogP contribution in [0.5, 0.6) is 0 Å². The molecule has 0 bridgehead atoms. The minimum Gasteiger partial charge on any atom is -0.474 e. The van der Waals surface area contributed by atoms with Crippen LogP contribution >= 0.6 is 0 Å². The zero-order valence-electron chi connectivity index (χ0n) is 13.8. The molecule has 2 heterocycles. The summed E-state index contributed by atoms with van der Waals surface area (Å²) in [5, 5.41) is 0. The van der Waals surface area contributed by atoms with Crippen LogP contribution in [0.4, 0.5) is 0 Å². The van der Waals surface area contributed by atoms with Crippen molar-refractivity contribution in [1.29, 1.82) is 0 Å². The Morgan fingerprint density at radius 3 is 1.72 bits per heavy atom. The summed E-state index contributed by atoms with van der Waals surface area (Å²) in [4.78, 5) is 9.65. The van der Waals surface area contributed by atoms with Crippen molar-refractivity contribution in [2.24, 2.45) is 9.98 Å². The average molecular weight is 330 g/mol. The molecule has 2 aromatic rings. The Kier molecular flexibility index (Phi) is 2.70. The van der Waals surface area contributed by atoms with Gasteiger partial charge in [0.05, 0.1) is 6.42 Å². The van der Waals surface area contributed by atoms with Crippen LogP contribution in [0.2, 0.25) is 0 Å². The molecule has 25 heavy (non-hydrogen) atoms. The summed E-state index contributed by atoms with van der Waals surface area (Å²) < 4.78 is 12.2. The fraction of sp³-hybridized carbons (Fsp3) is 0.333. The number of nitrogens with zero attached hydrogens (tertiary/aromatic N) is 2. The van der Waals surface area contributed by atoms with E-state index in [0.29, 0.717) is 6.42 Å². The molecule has 0 aromatic heterocycles. The van der Waals surface area contributed by atoms with Gasteiger partial charge in [0.25, 0.3) is 0 Å². The van der Waals surface area contributed by atoms with E-state index in [-0.39, 0.29) is 24.3 Å². The van der Waals surface area contributed by atoms with Gasteiger partial charge < -0.3 is 9.47 Å². The molecule has 4 heteroatoms. The zero-order valence-corrected chi connectivity index (χ0v) is 13.8. The number of hydrogen-bond acceptors (Lipinski definition) is 4. The van der Waals surface area contributed by atoms with Crippen molar-refractivity contribution in [2.75, 3.05) is 0 Å². The molecule has 2 aliphatic carbocycles. The fourth-order valence-electron chi connectivity index (χ4n) is 4.62. The Labute approximate surface area is 146 Å². The van der Waals surface area contributed by atoms with Crippen molar-refractivity contribution in [3.05, 3.63) is 70.8 Å². The van der Waals surface area contributed by atoms with Crippen molar-refractivity contribution in [1.82, 2.24) is 0 Å². The van der Waals surface area contributed by atoms with Crippen LogP contribution in [-0.4, -0.2) is 24.0 Å². The molecule has 4 atom stereocenters. The number of benzene rings is 2. The van der Waals surface area contributed by atoms with E-state index in [4.69, 9.17) is 19.5 Å². The first-order valence-electron chi connectivity index (χ1n) is 8.97. The highest BCUT2D eigenvalue weighted by Crippen LogP contribution is 2.42. The lowest BCUT2D eigenvalue weighted by Crippen LogP contribution is -2.17. The number of aliphatic imine (C=N–C) groups is 2. The van der Waals surface area contributed by atoms with Gasteiger partial charge in [0.2, 0.25) is 0 Å². The molecular weight excluding hydrogens is 312 g/mol. The van der Waals surface area contributed by atoms with Crippen LogP contribution in [0.25, 0.3) is 0 Å². The first-order chi connectivity index (χ1) is 12.3. The molecule has 2 aliphatic heterocycles. The molecule has 0 spiro atoms. The zero-order chi connectivity index (χ0) is 16.4. The van der Waals surface area contributed by atoms with Crippen molar-refractivity contribution in [3.8, 4) is 0 Å². The quantitative estimate of drug-likeness (QED) is 0.845. The van der Waals surface area contributed by atoms with Gasteiger partial charge in [-0.15, -0.1) is 0 Å². The molecule has 4 nitrogen and oxygen atoms in total. The molecule has 6 rings (SSSR count). The Hall–Kier alpha value is -2.62. The lowest BCUT2D eigenvalue weighted by atomic mass is 10.1. The Balaban J connectivity index is 1.23. The SMILES string of the molecule is c1ccc2c(c1)C[C@@H]1OC(CC3=N[C@H]4c5ccccc5C[C@H]4O3)=N[C@H]21. The molecule has 124 valence electrons. The largest absolute Gasteiger partial charge is 0.474 e. The fourth-order valence-corrected chi connectivity index (χ4v) is 4.62. The van der Waals surface area contributed by atoms with E-state index in [1.54, 1.807) is 0 Å². The van der Waals surface area contributed by atoms with Gasteiger partial charge in [-0.3, -0.25) is 0 Å². The lowest BCUT2D eigenvalue weighted by molar-refractivity contribution is 0.192. The van der Waals surface area contributed by atoms with Gasteiger partial charge in [-0.05, 0) is 22.3 Å². The number of ether oxygens (including phenoxy) is 2. The maximum atomic E-state index is 6.11. The third kappa shape index (κ3) is 2.00. The minimum absolute atomic E-state index is 0.147.